The van der Waals surface area contributed by atoms with Gasteiger partial charge >= 0.3 is 5.97 Å². The lowest BCUT2D eigenvalue weighted by molar-refractivity contribution is 0.0654. The van der Waals surface area contributed by atoms with Gasteiger partial charge in [0.15, 0.2) is 0 Å². The number of phenols is 1. The minimum absolute atomic E-state index is 0.0957. The topological polar surface area (TPSA) is 87.7 Å². The van der Waals surface area contributed by atoms with Gasteiger partial charge in [-0.3, -0.25) is 4.79 Å². The highest BCUT2D eigenvalue weighted by atomic mass is 19.1. The van der Waals surface area contributed by atoms with Gasteiger partial charge in [-0.25, -0.2) is 4.79 Å². The van der Waals surface area contributed by atoms with Crippen molar-refractivity contribution in [2.45, 2.75) is 0 Å². The summed E-state index contributed by atoms with van der Waals surface area (Å²) in [6, 6.07) is 3.41. The summed E-state index contributed by atoms with van der Waals surface area (Å²) >= 11 is 0. The van der Waals surface area contributed by atoms with Gasteiger partial charge in [-0.1, -0.05) is 0 Å². The van der Waals surface area contributed by atoms with Crippen LogP contribution in [-0.4, -0.2) is 16.2 Å². The SMILES string of the molecule is O=C(O)c1oc2ccc(O)cc2c(=O)c1F. The third-order valence-corrected chi connectivity index (χ3v) is 2.01. The van der Waals surface area contributed by atoms with Crippen LogP contribution in [0.25, 0.3) is 11.0 Å². The third-order valence-electron chi connectivity index (χ3n) is 2.01. The average Bonchev–Trinajstić information content (AvgIpc) is 2.23. The molecule has 1 aromatic carbocycles. The van der Waals surface area contributed by atoms with Gasteiger partial charge in [-0.15, -0.1) is 0 Å². The van der Waals surface area contributed by atoms with Crippen LogP contribution < -0.4 is 5.43 Å². The van der Waals surface area contributed by atoms with Crippen molar-refractivity contribution < 1.29 is 23.8 Å². The maximum Gasteiger partial charge on any atom is 0.375 e. The van der Waals surface area contributed by atoms with Crippen molar-refractivity contribution in [1.82, 2.24) is 0 Å². The Labute approximate surface area is 87.4 Å². The zero-order valence-corrected chi connectivity index (χ0v) is 7.73. The average molecular weight is 224 g/mol. The molecule has 0 saturated heterocycles. The molecular weight excluding hydrogens is 219 g/mol. The van der Waals surface area contributed by atoms with E-state index in [4.69, 9.17) is 14.6 Å². The van der Waals surface area contributed by atoms with Crippen LogP contribution in [0.15, 0.2) is 27.4 Å². The Morgan fingerprint density at radius 3 is 2.69 bits per heavy atom. The van der Waals surface area contributed by atoms with Crippen molar-refractivity contribution in [3.63, 3.8) is 0 Å². The van der Waals surface area contributed by atoms with Crippen molar-refractivity contribution in [3.8, 4) is 5.75 Å². The van der Waals surface area contributed by atoms with Gasteiger partial charge in [0.2, 0.25) is 11.2 Å². The van der Waals surface area contributed by atoms with Crippen LogP contribution in [0.5, 0.6) is 5.75 Å². The molecule has 5 nitrogen and oxygen atoms in total. The molecule has 1 aromatic heterocycles. The molecule has 0 fully saturated rings. The lowest BCUT2D eigenvalue weighted by Crippen LogP contribution is -2.13. The molecule has 0 bridgehead atoms. The molecule has 0 aliphatic heterocycles. The standard InChI is InChI=1S/C10H5FO5/c11-7-8(13)5-3-4(12)1-2-6(5)16-9(7)10(14)15/h1-3,12H,(H,14,15). The quantitative estimate of drug-likeness (QED) is 0.762. The number of fused-ring (bicyclic) bond motifs is 1. The van der Waals surface area contributed by atoms with E-state index in [2.05, 4.69) is 0 Å². The van der Waals surface area contributed by atoms with Crippen LogP contribution in [0, 0.1) is 5.82 Å². The van der Waals surface area contributed by atoms with Gasteiger partial charge < -0.3 is 14.6 Å². The van der Waals surface area contributed by atoms with Gasteiger partial charge in [-0.05, 0) is 18.2 Å². The second-order valence-electron chi connectivity index (χ2n) is 3.06. The summed E-state index contributed by atoms with van der Waals surface area (Å²) in [4.78, 5) is 22.0. The van der Waals surface area contributed by atoms with Crippen LogP contribution in [0.3, 0.4) is 0 Å². The predicted octanol–water partition coefficient (Wildman–Crippen LogP) is 1.34. The van der Waals surface area contributed by atoms with E-state index in [-0.39, 0.29) is 16.7 Å². The molecule has 0 amide bonds. The minimum atomic E-state index is -1.66. The molecule has 82 valence electrons. The molecule has 2 aromatic rings. The second-order valence-corrected chi connectivity index (χ2v) is 3.06. The van der Waals surface area contributed by atoms with Crippen molar-refractivity contribution >= 4 is 16.9 Å². The van der Waals surface area contributed by atoms with Crippen molar-refractivity contribution in [1.29, 1.82) is 0 Å². The lowest BCUT2D eigenvalue weighted by Gasteiger charge is -2.00. The number of carboxylic acid groups (broad SMARTS) is 1. The Kier molecular flexibility index (Phi) is 2.12. The monoisotopic (exact) mass is 224 g/mol. The van der Waals surface area contributed by atoms with E-state index in [0.29, 0.717) is 0 Å². The Balaban J connectivity index is 2.94. The molecular formula is C10H5FO5. The van der Waals surface area contributed by atoms with Crippen molar-refractivity contribution in [3.05, 3.63) is 40.0 Å². The molecule has 6 heteroatoms. The zero-order valence-electron chi connectivity index (χ0n) is 7.73. The van der Waals surface area contributed by atoms with E-state index in [1.165, 1.54) is 12.1 Å². The number of halogens is 1. The zero-order chi connectivity index (χ0) is 11.9. The normalized spacial score (nSPS) is 10.6. The molecule has 0 spiro atoms. The summed E-state index contributed by atoms with van der Waals surface area (Å²) in [7, 11) is 0. The Bertz CT molecular complexity index is 643. The summed E-state index contributed by atoms with van der Waals surface area (Å²) in [5.74, 6) is -4.42. The molecule has 0 unspecified atom stereocenters. The maximum absolute atomic E-state index is 13.2. The minimum Gasteiger partial charge on any atom is -0.508 e. The third kappa shape index (κ3) is 1.40. The molecule has 0 aliphatic carbocycles. The second kappa shape index (κ2) is 3.34. The number of carboxylic acids is 1. The summed E-state index contributed by atoms with van der Waals surface area (Å²) in [6.45, 7) is 0. The van der Waals surface area contributed by atoms with E-state index in [1.54, 1.807) is 0 Å². The predicted molar refractivity (Wildman–Crippen MR) is 51.1 cm³/mol. The number of aromatic hydroxyl groups is 1. The van der Waals surface area contributed by atoms with Crippen molar-refractivity contribution in [2.75, 3.05) is 0 Å². The van der Waals surface area contributed by atoms with Gasteiger partial charge in [-0.2, -0.15) is 4.39 Å². The van der Waals surface area contributed by atoms with Crippen molar-refractivity contribution in [2.24, 2.45) is 0 Å². The maximum atomic E-state index is 13.2. The first kappa shape index (κ1) is 10.2. The first-order valence-electron chi connectivity index (χ1n) is 4.19. The van der Waals surface area contributed by atoms with Gasteiger partial charge in [0.1, 0.15) is 11.3 Å². The van der Waals surface area contributed by atoms with E-state index in [0.717, 1.165) is 6.07 Å². The fourth-order valence-corrected chi connectivity index (χ4v) is 1.30. The number of hydrogen-bond donors (Lipinski definition) is 2. The number of aromatic carboxylic acids is 1. The highest BCUT2D eigenvalue weighted by Crippen LogP contribution is 2.19. The number of hydrogen-bond acceptors (Lipinski definition) is 4. The van der Waals surface area contributed by atoms with Gasteiger partial charge in [0, 0.05) is 0 Å². The number of carbonyl (C=O) groups is 1. The van der Waals surface area contributed by atoms with E-state index in [1.807, 2.05) is 0 Å². The van der Waals surface area contributed by atoms with Crippen LogP contribution >= 0.6 is 0 Å². The molecule has 1 heterocycles. The van der Waals surface area contributed by atoms with Crippen LogP contribution in [0.1, 0.15) is 10.6 Å². The van der Waals surface area contributed by atoms with Crippen LogP contribution in [-0.2, 0) is 0 Å². The summed E-state index contributed by atoms with van der Waals surface area (Å²) < 4.78 is 17.9. The molecule has 0 aliphatic rings. The first-order valence-corrected chi connectivity index (χ1v) is 4.19. The highest BCUT2D eigenvalue weighted by molar-refractivity contribution is 5.88. The van der Waals surface area contributed by atoms with Gasteiger partial charge in [0.05, 0.1) is 5.39 Å². The smallest absolute Gasteiger partial charge is 0.375 e. The largest absolute Gasteiger partial charge is 0.508 e. The number of phenolic OH excluding ortho intramolecular Hbond substituents is 1. The molecule has 0 atom stereocenters. The number of benzene rings is 1. The molecule has 16 heavy (non-hydrogen) atoms. The summed E-state index contributed by atoms with van der Waals surface area (Å²) in [5, 5.41) is 17.5. The lowest BCUT2D eigenvalue weighted by atomic mass is 10.2. The number of rotatable bonds is 1. The summed E-state index contributed by atoms with van der Waals surface area (Å²) in [6.07, 6.45) is 0. The fourth-order valence-electron chi connectivity index (χ4n) is 1.30. The summed E-state index contributed by atoms with van der Waals surface area (Å²) in [5.41, 5.74) is -1.21. The fraction of sp³-hybridized carbons (Fsp3) is 0. The van der Waals surface area contributed by atoms with Gasteiger partial charge in [0.25, 0.3) is 5.76 Å². The van der Waals surface area contributed by atoms with E-state index in [9.17, 15) is 14.0 Å². The Hall–Kier alpha value is -2.37. The van der Waals surface area contributed by atoms with Crippen LogP contribution in [0.2, 0.25) is 0 Å². The highest BCUT2D eigenvalue weighted by Gasteiger charge is 2.19. The molecule has 2 rings (SSSR count). The van der Waals surface area contributed by atoms with E-state index < -0.39 is 23.0 Å². The Morgan fingerprint density at radius 1 is 1.38 bits per heavy atom. The van der Waals surface area contributed by atoms with Crippen LogP contribution in [0.4, 0.5) is 4.39 Å². The first-order chi connectivity index (χ1) is 7.50. The molecule has 0 radical (unpaired) electrons. The Morgan fingerprint density at radius 2 is 2.06 bits per heavy atom. The van der Waals surface area contributed by atoms with E-state index >= 15 is 0 Å². The molecule has 2 N–H and O–H groups in total. The molecule has 0 saturated carbocycles.